The number of rotatable bonds is 0. The van der Waals surface area contributed by atoms with Gasteiger partial charge in [0.1, 0.15) is 5.75 Å². The molecule has 2 heteroatoms. The second kappa shape index (κ2) is 4.16. The zero-order valence-electron chi connectivity index (χ0n) is 4.09. The quantitative estimate of drug-likeness (QED) is 0.754. The maximum Gasteiger partial charge on any atom is 0.115 e. The van der Waals surface area contributed by atoms with Crippen LogP contribution in [0, 0.1) is 36.9 Å². The Balaban J connectivity index is 0.000000490. The van der Waals surface area contributed by atoms with Crippen LogP contribution in [0.15, 0.2) is 30.3 Å². The Hall–Kier alpha value is 0.254. The summed E-state index contributed by atoms with van der Waals surface area (Å²) in [6.45, 7) is 0. The number of benzene rings is 1. The van der Waals surface area contributed by atoms with Gasteiger partial charge in [0.05, 0.1) is 0 Å². The SMILES string of the molecule is Oc1ccccc1.[Lu]. The Morgan fingerprint density at radius 1 is 1.00 bits per heavy atom. The molecule has 0 amide bonds. The molecule has 0 aromatic heterocycles. The van der Waals surface area contributed by atoms with Crippen molar-refractivity contribution in [2.75, 3.05) is 0 Å². The van der Waals surface area contributed by atoms with Crippen LogP contribution < -0.4 is 0 Å². The van der Waals surface area contributed by atoms with Crippen LogP contribution in [0.3, 0.4) is 0 Å². The van der Waals surface area contributed by atoms with Gasteiger partial charge in [-0.15, -0.1) is 0 Å². The Morgan fingerprint density at radius 3 is 1.75 bits per heavy atom. The molecule has 1 aromatic rings. The zero-order valence-corrected chi connectivity index (χ0v) is 5.75. The molecule has 0 aliphatic rings. The van der Waals surface area contributed by atoms with E-state index in [-0.39, 0.29) is 36.9 Å². The number of aromatic hydroxyl groups is 1. The van der Waals surface area contributed by atoms with Crippen molar-refractivity contribution in [2.45, 2.75) is 0 Å². The minimum Gasteiger partial charge on any atom is -0.508 e. The second-order valence-corrected chi connectivity index (χ2v) is 1.34. The van der Waals surface area contributed by atoms with Crippen molar-refractivity contribution >= 4 is 0 Å². The topological polar surface area (TPSA) is 20.2 Å². The normalized spacial score (nSPS) is 7.50. The van der Waals surface area contributed by atoms with Gasteiger partial charge in [-0.25, -0.2) is 0 Å². The number of hydrogen-bond donors (Lipinski definition) is 1. The van der Waals surface area contributed by atoms with E-state index in [1.165, 1.54) is 0 Å². The van der Waals surface area contributed by atoms with Crippen LogP contribution in [0.2, 0.25) is 0 Å². The summed E-state index contributed by atoms with van der Waals surface area (Å²) in [5.74, 6) is 0.322. The molecule has 1 nitrogen and oxygen atoms in total. The third-order valence-corrected chi connectivity index (χ3v) is 0.756. The summed E-state index contributed by atoms with van der Waals surface area (Å²) in [6.07, 6.45) is 0. The third-order valence-electron chi connectivity index (χ3n) is 0.756. The van der Waals surface area contributed by atoms with Crippen LogP contribution in [0.25, 0.3) is 0 Å². The molecule has 51 valence electrons. The molecule has 0 saturated heterocycles. The molecular formula is C6H6LuO. The molecule has 0 aliphatic carbocycles. The summed E-state index contributed by atoms with van der Waals surface area (Å²) < 4.78 is 0. The minimum absolute atomic E-state index is 0. The predicted molar refractivity (Wildman–Crippen MR) is 28.1 cm³/mol. The third kappa shape index (κ3) is 2.53. The average molecular weight is 269 g/mol. The molecular weight excluding hydrogens is 263 g/mol. The van der Waals surface area contributed by atoms with Crippen molar-refractivity contribution in [3.05, 3.63) is 30.3 Å². The van der Waals surface area contributed by atoms with E-state index < -0.39 is 0 Å². The van der Waals surface area contributed by atoms with Crippen molar-refractivity contribution in [1.29, 1.82) is 0 Å². The summed E-state index contributed by atoms with van der Waals surface area (Å²) in [5.41, 5.74) is 0. The fraction of sp³-hybridized carbons (Fsp3) is 0. The van der Waals surface area contributed by atoms with E-state index in [4.69, 9.17) is 5.11 Å². The van der Waals surface area contributed by atoms with Gasteiger partial charge in [-0.3, -0.25) is 0 Å². The van der Waals surface area contributed by atoms with Crippen molar-refractivity contribution < 1.29 is 42.0 Å². The number of phenols is 1. The number of phenolic OH excluding ortho intramolecular Hbond substituents is 1. The van der Waals surface area contributed by atoms with Gasteiger partial charge in [-0.2, -0.15) is 0 Å². The molecule has 1 N–H and O–H groups in total. The van der Waals surface area contributed by atoms with E-state index >= 15 is 0 Å². The Kier molecular flexibility index (Phi) is 4.30. The maximum absolute atomic E-state index is 8.63. The van der Waals surface area contributed by atoms with Gasteiger partial charge in [0.2, 0.25) is 0 Å². The molecule has 1 radical (unpaired) electrons. The first-order chi connectivity index (χ1) is 3.39. The molecule has 0 fully saturated rings. The van der Waals surface area contributed by atoms with Crippen LogP contribution in [0.5, 0.6) is 5.75 Å². The van der Waals surface area contributed by atoms with Crippen molar-refractivity contribution in [1.82, 2.24) is 0 Å². The Labute approximate surface area is 77.5 Å². The molecule has 8 heavy (non-hydrogen) atoms. The van der Waals surface area contributed by atoms with Gasteiger partial charge in [0.15, 0.2) is 0 Å². The van der Waals surface area contributed by atoms with Crippen LogP contribution in [-0.4, -0.2) is 5.11 Å². The molecule has 0 spiro atoms. The van der Waals surface area contributed by atoms with Crippen LogP contribution in [-0.2, 0) is 0 Å². The zero-order chi connectivity index (χ0) is 5.11. The second-order valence-electron chi connectivity index (χ2n) is 1.34. The maximum atomic E-state index is 8.63. The fourth-order valence-corrected chi connectivity index (χ4v) is 0.428. The van der Waals surface area contributed by atoms with Gasteiger partial charge in [0, 0.05) is 36.9 Å². The predicted octanol–water partition coefficient (Wildman–Crippen LogP) is 1.39. The van der Waals surface area contributed by atoms with Crippen LogP contribution in [0.1, 0.15) is 0 Å². The largest absolute Gasteiger partial charge is 0.508 e. The smallest absolute Gasteiger partial charge is 0.115 e. The van der Waals surface area contributed by atoms with Crippen molar-refractivity contribution in [3.8, 4) is 5.75 Å². The molecule has 1 rings (SSSR count). The van der Waals surface area contributed by atoms with Crippen molar-refractivity contribution in [2.24, 2.45) is 0 Å². The summed E-state index contributed by atoms with van der Waals surface area (Å²) in [6, 6.07) is 8.71. The van der Waals surface area contributed by atoms with E-state index in [0.717, 1.165) is 0 Å². The molecule has 0 unspecified atom stereocenters. The number of hydrogen-bond acceptors (Lipinski definition) is 1. The van der Waals surface area contributed by atoms with Gasteiger partial charge in [0.25, 0.3) is 0 Å². The van der Waals surface area contributed by atoms with E-state index in [1.54, 1.807) is 24.3 Å². The molecule has 0 heterocycles. The Bertz CT molecular complexity index is 138. The summed E-state index contributed by atoms with van der Waals surface area (Å²) in [7, 11) is 0. The fourth-order valence-electron chi connectivity index (χ4n) is 0.428. The van der Waals surface area contributed by atoms with Gasteiger partial charge in [-0.1, -0.05) is 18.2 Å². The van der Waals surface area contributed by atoms with E-state index in [0.29, 0.717) is 5.75 Å². The standard InChI is InChI=1S/C6H6O.Lu/c7-6-4-2-1-3-5-6;/h1-5,7H;. The van der Waals surface area contributed by atoms with Gasteiger partial charge >= 0.3 is 0 Å². The Morgan fingerprint density at radius 2 is 1.50 bits per heavy atom. The molecule has 1 aromatic carbocycles. The van der Waals surface area contributed by atoms with Crippen molar-refractivity contribution in [3.63, 3.8) is 0 Å². The summed E-state index contributed by atoms with van der Waals surface area (Å²) in [4.78, 5) is 0. The molecule has 0 bridgehead atoms. The number of para-hydroxylation sites is 1. The first kappa shape index (κ1) is 8.25. The van der Waals surface area contributed by atoms with Gasteiger partial charge < -0.3 is 5.11 Å². The van der Waals surface area contributed by atoms with E-state index in [2.05, 4.69) is 0 Å². The van der Waals surface area contributed by atoms with E-state index in [1.807, 2.05) is 6.07 Å². The van der Waals surface area contributed by atoms with Crippen LogP contribution >= 0.6 is 0 Å². The summed E-state index contributed by atoms with van der Waals surface area (Å²) in [5, 5.41) is 8.63. The first-order valence-electron chi connectivity index (χ1n) is 2.13. The minimum atomic E-state index is 0. The molecule has 0 aliphatic heterocycles. The van der Waals surface area contributed by atoms with E-state index in [9.17, 15) is 0 Å². The average Bonchev–Trinajstić information content (AvgIpc) is 1.69. The molecule has 0 atom stereocenters. The monoisotopic (exact) mass is 269 g/mol. The van der Waals surface area contributed by atoms with Gasteiger partial charge in [-0.05, 0) is 12.1 Å². The first-order valence-corrected chi connectivity index (χ1v) is 2.13. The summed E-state index contributed by atoms with van der Waals surface area (Å²) >= 11 is 0. The molecule has 0 saturated carbocycles. The van der Waals surface area contributed by atoms with Crippen LogP contribution in [0.4, 0.5) is 0 Å².